The summed E-state index contributed by atoms with van der Waals surface area (Å²) in [7, 11) is -2.41. The summed E-state index contributed by atoms with van der Waals surface area (Å²) >= 11 is 0. The van der Waals surface area contributed by atoms with E-state index in [2.05, 4.69) is 5.10 Å². The van der Waals surface area contributed by atoms with Gasteiger partial charge in [-0.3, -0.25) is 4.79 Å². The molecule has 0 aromatic carbocycles. The summed E-state index contributed by atoms with van der Waals surface area (Å²) in [6.07, 6.45) is 1.57. The van der Waals surface area contributed by atoms with Gasteiger partial charge < -0.3 is 5.73 Å². The Morgan fingerprint density at radius 3 is 2.67 bits per heavy atom. The number of aromatic nitrogens is 2. The molecule has 1 amide bonds. The van der Waals surface area contributed by atoms with Crippen molar-refractivity contribution in [2.24, 2.45) is 11.7 Å². The van der Waals surface area contributed by atoms with Crippen LogP contribution in [-0.4, -0.2) is 41.8 Å². The number of amides is 1. The zero-order valence-electron chi connectivity index (χ0n) is 12.1. The first kappa shape index (κ1) is 15.5. The Kier molecular flexibility index (Phi) is 4.02. The number of carbonyl (C=O) groups is 1. The van der Waals surface area contributed by atoms with Crippen LogP contribution >= 0.6 is 0 Å². The van der Waals surface area contributed by atoms with Gasteiger partial charge in [-0.05, 0) is 18.1 Å². The van der Waals surface area contributed by atoms with Crippen molar-refractivity contribution in [3.05, 3.63) is 30.0 Å². The van der Waals surface area contributed by atoms with Gasteiger partial charge in [-0.2, -0.15) is 9.40 Å². The maximum Gasteiger partial charge on any atom is 0.263 e. The Morgan fingerprint density at radius 1 is 1.43 bits per heavy atom. The van der Waals surface area contributed by atoms with Crippen molar-refractivity contribution in [3.8, 4) is 0 Å². The van der Waals surface area contributed by atoms with Gasteiger partial charge in [-0.1, -0.05) is 19.9 Å². The predicted molar refractivity (Wildman–Crippen MR) is 78.4 cm³/mol. The van der Waals surface area contributed by atoms with Crippen LogP contribution in [0.4, 0.5) is 0 Å². The van der Waals surface area contributed by atoms with Crippen molar-refractivity contribution in [1.82, 2.24) is 13.9 Å². The minimum atomic E-state index is -3.87. The van der Waals surface area contributed by atoms with E-state index in [0.717, 1.165) is 0 Å². The highest BCUT2D eigenvalue weighted by Crippen LogP contribution is 2.22. The maximum absolute atomic E-state index is 12.6. The number of nitrogens with two attached hydrogens (primary N) is 1. The van der Waals surface area contributed by atoms with Gasteiger partial charge in [-0.15, -0.1) is 0 Å². The van der Waals surface area contributed by atoms with Crippen LogP contribution in [0, 0.1) is 5.92 Å². The van der Waals surface area contributed by atoms with Crippen LogP contribution in [0.25, 0.3) is 5.52 Å². The van der Waals surface area contributed by atoms with Gasteiger partial charge in [0.2, 0.25) is 5.03 Å². The van der Waals surface area contributed by atoms with E-state index in [1.807, 2.05) is 13.8 Å². The number of pyridine rings is 1. The molecule has 2 rings (SSSR count). The zero-order chi connectivity index (χ0) is 15.8. The molecule has 8 heteroatoms. The molecule has 0 bridgehead atoms. The summed E-state index contributed by atoms with van der Waals surface area (Å²) in [6.45, 7) is 4.14. The lowest BCUT2D eigenvalue weighted by molar-refractivity contribution is 0.0998. The average molecular weight is 310 g/mol. The minimum absolute atomic E-state index is 0.0776. The van der Waals surface area contributed by atoms with Gasteiger partial charge in [-0.25, -0.2) is 12.9 Å². The highest BCUT2D eigenvalue weighted by atomic mass is 32.2. The van der Waals surface area contributed by atoms with Crippen molar-refractivity contribution in [3.63, 3.8) is 0 Å². The fourth-order valence-corrected chi connectivity index (χ4v) is 3.59. The second-order valence-electron chi connectivity index (χ2n) is 5.25. The van der Waals surface area contributed by atoms with Crippen molar-refractivity contribution >= 4 is 21.4 Å². The van der Waals surface area contributed by atoms with Gasteiger partial charge in [0.25, 0.3) is 15.9 Å². The van der Waals surface area contributed by atoms with E-state index >= 15 is 0 Å². The number of sulfonamides is 1. The Bertz CT molecular complexity index is 780. The SMILES string of the molecule is CC(C)CN(C)S(=O)(=O)c1nn2ccccc2c1C(N)=O. The van der Waals surface area contributed by atoms with Crippen LogP contribution in [0.15, 0.2) is 29.4 Å². The molecule has 114 valence electrons. The number of primary amides is 1. The van der Waals surface area contributed by atoms with Gasteiger partial charge >= 0.3 is 0 Å². The summed E-state index contributed by atoms with van der Waals surface area (Å²) < 4.78 is 27.7. The van der Waals surface area contributed by atoms with E-state index in [9.17, 15) is 13.2 Å². The van der Waals surface area contributed by atoms with Crippen LogP contribution in [0.1, 0.15) is 24.2 Å². The molecule has 0 saturated heterocycles. The first-order valence-corrected chi connectivity index (χ1v) is 7.92. The summed E-state index contributed by atoms with van der Waals surface area (Å²) in [5.41, 5.74) is 5.65. The first-order valence-electron chi connectivity index (χ1n) is 6.48. The Hall–Kier alpha value is -1.93. The van der Waals surface area contributed by atoms with Gasteiger partial charge in [0.1, 0.15) is 5.56 Å². The third-order valence-corrected chi connectivity index (χ3v) is 4.78. The lowest BCUT2D eigenvalue weighted by Crippen LogP contribution is -2.32. The number of carbonyl (C=O) groups excluding carboxylic acids is 1. The van der Waals surface area contributed by atoms with Crippen molar-refractivity contribution < 1.29 is 13.2 Å². The van der Waals surface area contributed by atoms with Gasteiger partial charge in [0, 0.05) is 19.8 Å². The van der Waals surface area contributed by atoms with Crippen molar-refractivity contribution in [1.29, 1.82) is 0 Å². The summed E-state index contributed by atoms with van der Waals surface area (Å²) in [4.78, 5) is 11.7. The molecular weight excluding hydrogens is 292 g/mol. The lowest BCUT2D eigenvalue weighted by atomic mass is 10.2. The molecule has 7 nitrogen and oxygen atoms in total. The minimum Gasteiger partial charge on any atom is -0.365 e. The quantitative estimate of drug-likeness (QED) is 0.879. The number of hydrogen-bond acceptors (Lipinski definition) is 4. The molecule has 21 heavy (non-hydrogen) atoms. The second-order valence-corrected chi connectivity index (χ2v) is 7.21. The summed E-state index contributed by atoms with van der Waals surface area (Å²) in [5.74, 6) is -0.661. The Morgan fingerprint density at radius 2 is 2.10 bits per heavy atom. The highest BCUT2D eigenvalue weighted by Gasteiger charge is 2.31. The van der Waals surface area contributed by atoms with Crippen molar-refractivity contribution in [2.75, 3.05) is 13.6 Å². The average Bonchev–Trinajstić information content (AvgIpc) is 2.77. The number of rotatable bonds is 5. The van der Waals surface area contributed by atoms with E-state index in [0.29, 0.717) is 12.1 Å². The third kappa shape index (κ3) is 2.77. The van der Waals surface area contributed by atoms with Gasteiger partial charge in [0.05, 0.1) is 5.52 Å². The highest BCUT2D eigenvalue weighted by molar-refractivity contribution is 7.89. The topological polar surface area (TPSA) is 97.8 Å². The molecule has 2 N–H and O–H groups in total. The Balaban J connectivity index is 2.65. The van der Waals surface area contributed by atoms with Crippen LogP contribution in [-0.2, 0) is 10.0 Å². The Labute approximate surface area is 123 Å². The fraction of sp³-hybridized carbons (Fsp3) is 0.385. The van der Waals surface area contributed by atoms with Gasteiger partial charge in [0.15, 0.2) is 0 Å². The molecule has 0 aliphatic heterocycles. The summed E-state index contributed by atoms with van der Waals surface area (Å²) in [6, 6.07) is 4.99. The third-order valence-electron chi connectivity index (χ3n) is 3.03. The maximum atomic E-state index is 12.6. The van der Waals surface area contributed by atoms with E-state index < -0.39 is 15.9 Å². The van der Waals surface area contributed by atoms with Crippen LogP contribution in [0.2, 0.25) is 0 Å². The summed E-state index contributed by atoms with van der Waals surface area (Å²) in [5, 5.41) is 3.72. The van der Waals surface area contributed by atoms with Crippen LogP contribution in [0.5, 0.6) is 0 Å². The first-order chi connectivity index (χ1) is 9.75. The standard InChI is InChI=1S/C13H18N4O3S/c1-9(2)8-16(3)21(19,20)13-11(12(14)18)10-6-4-5-7-17(10)15-13/h4-7,9H,8H2,1-3H3,(H2,14,18). The molecule has 0 saturated carbocycles. The molecule has 2 aromatic rings. The van der Waals surface area contributed by atoms with Crippen LogP contribution in [0.3, 0.4) is 0 Å². The molecule has 0 radical (unpaired) electrons. The van der Waals surface area contributed by atoms with E-state index in [1.54, 1.807) is 24.4 Å². The molecule has 0 aliphatic carbocycles. The molecule has 0 spiro atoms. The molecule has 0 unspecified atom stereocenters. The molecule has 2 aromatic heterocycles. The molecular formula is C13H18N4O3S. The number of fused-ring (bicyclic) bond motifs is 1. The van der Waals surface area contributed by atoms with E-state index in [-0.39, 0.29) is 16.5 Å². The van der Waals surface area contributed by atoms with E-state index in [4.69, 9.17) is 5.73 Å². The lowest BCUT2D eigenvalue weighted by Gasteiger charge is -2.18. The normalized spacial score (nSPS) is 12.4. The largest absolute Gasteiger partial charge is 0.365 e. The van der Waals surface area contributed by atoms with E-state index in [1.165, 1.54) is 15.9 Å². The monoisotopic (exact) mass is 310 g/mol. The zero-order valence-corrected chi connectivity index (χ0v) is 13.0. The molecule has 0 aliphatic rings. The molecule has 2 heterocycles. The number of hydrogen-bond donors (Lipinski definition) is 1. The second kappa shape index (κ2) is 5.45. The fourth-order valence-electron chi connectivity index (χ4n) is 2.15. The molecule has 0 fully saturated rings. The predicted octanol–water partition coefficient (Wildman–Crippen LogP) is 0.710. The smallest absolute Gasteiger partial charge is 0.263 e. The number of nitrogens with zero attached hydrogens (tertiary/aromatic N) is 3. The van der Waals surface area contributed by atoms with Crippen molar-refractivity contribution in [2.45, 2.75) is 18.9 Å². The molecule has 0 atom stereocenters. The van der Waals surface area contributed by atoms with Crippen LogP contribution < -0.4 is 5.73 Å².